The third-order valence-electron chi connectivity index (χ3n) is 5.49. The first kappa shape index (κ1) is 21.1. The Bertz CT molecular complexity index is 774. The fourth-order valence-corrected chi connectivity index (χ4v) is 3.94. The second kappa shape index (κ2) is 9.27. The van der Waals surface area contributed by atoms with Crippen molar-refractivity contribution in [1.82, 2.24) is 4.90 Å². The number of halogens is 2. The van der Waals surface area contributed by atoms with Crippen LogP contribution < -0.4 is 4.74 Å². The zero-order valence-electron chi connectivity index (χ0n) is 15.9. The van der Waals surface area contributed by atoms with Crippen LogP contribution in [0.3, 0.4) is 0 Å². The molecule has 1 saturated heterocycles. The monoisotopic (exact) mass is 421 g/mol. The minimum atomic E-state index is -1.07. The van der Waals surface area contributed by atoms with Crippen molar-refractivity contribution in [1.29, 1.82) is 0 Å². The summed E-state index contributed by atoms with van der Waals surface area (Å²) in [6, 6.07) is 16.6. The Labute approximate surface area is 176 Å². The van der Waals surface area contributed by atoms with Gasteiger partial charge >= 0.3 is 5.97 Å². The molecule has 2 aromatic carbocycles. The molecule has 1 heterocycles. The van der Waals surface area contributed by atoms with Crippen molar-refractivity contribution in [2.45, 2.75) is 30.7 Å². The van der Waals surface area contributed by atoms with Crippen molar-refractivity contribution in [3.05, 3.63) is 65.2 Å². The Morgan fingerprint density at radius 1 is 1.14 bits per heavy atom. The van der Waals surface area contributed by atoms with E-state index >= 15 is 0 Å². The maximum atomic E-state index is 12.5. The predicted molar refractivity (Wildman–Crippen MR) is 112 cm³/mol. The van der Waals surface area contributed by atoms with Crippen LogP contribution in [-0.4, -0.2) is 41.2 Å². The van der Waals surface area contributed by atoms with E-state index in [2.05, 4.69) is 4.90 Å². The van der Waals surface area contributed by atoms with E-state index in [9.17, 15) is 9.90 Å². The van der Waals surface area contributed by atoms with Gasteiger partial charge in [-0.05, 0) is 49.6 Å². The summed E-state index contributed by atoms with van der Waals surface area (Å²) in [6.07, 6.45) is 1.00. The van der Waals surface area contributed by atoms with Crippen LogP contribution in [0.15, 0.2) is 54.6 Å². The quantitative estimate of drug-likeness (QED) is 0.417. The summed E-state index contributed by atoms with van der Waals surface area (Å²) >= 11 is 12.4. The van der Waals surface area contributed by atoms with Gasteiger partial charge in [-0.2, -0.15) is 0 Å². The number of piperidine rings is 1. The molecule has 150 valence electrons. The molecule has 2 atom stereocenters. The van der Waals surface area contributed by atoms with E-state index in [1.807, 2.05) is 30.3 Å². The number of hydrogen-bond acceptors (Lipinski definition) is 4. The van der Waals surface area contributed by atoms with Crippen molar-refractivity contribution in [3.63, 3.8) is 0 Å². The van der Waals surface area contributed by atoms with Gasteiger partial charge in [0.2, 0.25) is 0 Å². The second-order valence-electron chi connectivity index (χ2n) is 7.38. The van der Waals surface area contributed by atoms with E-state index in [-0.39, 0.29) is 5.38 Å². The zero-order chi connectivity index (χ0) is 20.1. The molecular formula is C22H25Cl2NO3. The third-order valence-corrected chi connectivity index (χ3v) is 6.14. The van der Waals surface area contributed by atoms with Crippen LogP contribution in [0.2, 0.25) is 5.02 Å². The normalized spacial score (nSPS) is 19.0. The van der Waals surface area contributed by atoms with Gasteiger partial charge in [-0.1, -0.05) is 41.9 Å². The van der Waals surface area contributed by atoms with E-state index < -0.39 is 17.5 Å². The largest absolute Gasteiger partial charge is 0.426 e. The fourth-order valence-electron chi connectivity index (χ4n) is 3.48. The molecule has 1 aliphatic rings. The smallest absolute Gasteiger partial charge is 0.316 e. The first-order valence-electron chi connectivity index (χ1n) is 9.48. The Morgan fingerprint density at radius 2 is 1.75 bits per heavy atom. The number of ether oxygens (including phenoxy) is 1. The number of likely N-dealkylation sites (tertiary alicyclic amines) is 1. The molecule has 0 radical (unpaired) electrons. The van der Waals surface area contributed by atoms with Gasteiger partial charge < -0.3 is 14.7 Å². The molecule has 1 aliphatic heterocycles. The van der Waals surface area contributed by atoms with Crippen molar-refractivity contribution in [3.8, 4) is 5.75 Å². The lowest BCUT2D eigenvalue weighted by Gasteiger charge is -2.41. The minimum absolute atomic E-state index is 0.0975. The van der Waals surface area contributed by atoms with E-state index in [0.717, 1.165) is 5.56 Å². The van der Waals surface area contributed by atoms with Crippen LogP contribution in [0.1, 0.15) is 30.7 Å². The van der Waals surface area contributed by atoms with Crippen molar-refractivity contribution < 1.29 is 14.6 Å². The number of aliphatic hydroxyl groups is 1. The molecule has 0 saturated carbocycles. The highest BCUT2D eigenvalue weighted by Crippen LogP contribution is 2.33. The molecule has 1 N–H and O–H groups in total. The van der Waals surface area contributed by atoms with Gasteiger partial charge in [0.25, 0.3) is 0 Å². The molecule has 3 rings (SSSR count). The molecule has 0 aliphatic carbocycles. The number of alkyl halides is 1. The van der Waals surface area contributed by atoms with Crippen LogP contribution in [0.4, 0.5) is 0 Å². The van der Waals surface area contributed by atoms with Crippen LogP contribution in [0.25, 0.3) is 0 Å². The summed E-state index contributed by atoms with van der Waals surface area (Å²) in [7, 11) is 0. The minimum Gasteiger partial charge on any atom is -0.426 e. The van der Waals surface area contributed by atoms with Crippen LogP contribution in [-0.2, 0) is 4.79 Å². The summed E-state index contributed by atoms with van der Waals surface area (Å²) < 4.78 is 5.41. The molecule has 2 aromatic rings. The van der Waals surface area contributed by atoms with Gasteiger partial charge in [0.15, 0.2) is 0 Å². The van der Waals surface area contributed by atoms with Gasteiger partial charge in [0, 0.05) is 24.7 Å². The molecule has 6 heteroatoms. The Kier molecular flexibility index (Phi) is 7.00. The SMILES string of the molecule is CC(C(=O)Oc1ccc(Cl)cc1)C1(O)CCN(CC(Cl)c2ccccc2)CC1. The number of rotatable bonds is 6. The van der Waals surface area contributed by atoms with Gasteiger partial charge in [-0.25, -0.2) is 0 Å². The van der Waals surface area contributed by atoms with Crippen LogP contribution in [0, 0.1) is 5.92 Å². The van der Waals surface area contributed by atoms with Crippen molar-refractivity contribution in [2.24, 2.45) is 5.92 Å². The van der Waals surface area contributed by atoms with E-state index in [1.54, 1.807) is 31.2 Å². The molecule has 0 bridgehead atoms. The average Bonchev–Trinajstić information content (AvgIpc) is 2.71. The number of nitrogens with zero attached hydrogens (tertiary/aromatic N) is 1. The summed E-state index contributed by atoms with van der Waals surface area (Å²) in [4.78, 5) is 14.7. The van der Waals surface area contributed by atoms with E-state index in [4.69, 9.17) is 27.9 Å². The topological polar surface area (TPSA) is 49.8 Å². The molecule has 4 nitrogen and oxygen atoms in total. The van der Waals surface area contributed by atoms with Crippen LogP contribution >= 0.6 is 23.2 Å². The Balaban J connectivity index is 1.53. The summed E-state index contributed by atoms with van der Waals surface area (Å²) in [5.74, 6) is -0.626. The van der Waals surface area contributed by atoms with E-state index in [1.165, 1.54) is 0 Å². The number of carbonyl (C=O) groups is 1. The van der Waals surface area contributed by atoms with Crippen molar-refractivity contribution in [2.75, 3.05) is 19.6 Å². The molecule has 1 fully saturated rings. The average molecular weight is 422 g/mol. The maximum Gasteiger partial charge on any atom is 0.316 e. The number of benzene rings is 2. The standard InChI is InChI=1S/C22H25Cl2NO3/c1-16(21(26)28-19-9-7-18(23)8-10-19)22(27)11-13-25(14-12-22)15-20(24)17-5-3-2-4-6-17/h2-10,16,20,27H,11-15H2,1H3. The third kappa shape index (κ3) is 5.26. The highest BCUT2D eigenvalue weighted by Gasteiger charge is 2.42. The molecular weight excluding hydrogens is 397 g/mol. The highest BCUT2D eigenvalue weighted by atomic mass is 35.5. The summed E-state index contributed by atoms with van der Waals surface area (Å²) in [6.45, 7) is 3.81. The maximum absolute atomic E-state index is 12.5. The van der Waals surface area contributed by atoms with Gasteiger partial charge in [0.1, 0.15) is 5.75 Å². The molecule has 0 amide bonds. The highest BCUT2D eigenvalue weighted by molar-refractivity contribution is 6.30. The number of hydrogen-bond donors (Lipinski definition) is 1. The molecule has 28 heavy (non-hydrogen) atoms. The Hall–Kier alpha value is -1.59. The number of carbonyl (C=O) groups excluding carboxylic acids is 1. The molecule has 2 unspecified atom stereocenters. The molecule has 0 spiro atoms. The van der Waals surface area contributed by atoms with Gasteiger partial charge in [-0.3, -0.25) is 4.79 Å². The van der Waals surface area contributed by atoms with E-state index in [0.29, 0.717) is 43.2 Å². The molecule has 0 aromatic heterocycles. The predicted octanol–water partition coefficient (Wildman–Crippen LogP) is 4.69. The first-order valence-corrected chi connectivity index (χ1v) is 10.3. The second-order valence-corrected chi connectivity index (χ2v) is 8.34. The van der Waals surface area contributed by atoms with Crippen LogP contribution in [0.5, 0.6) is 5.75 Å². The van der Waals surface area contributed by atoms with Crippen molar-refractivity contribution >= 4 is 29.2 Å². The Morgan fingerprint density at radius 3 is 2.36 bits per heavy atom. The van der Waals surface area contributed by atoms with Gasteiger partial charge in [-0.15, -0.1) is 11.6 Å². The lowest BCUT2D eigenvalue weighted by Crippen LogP contribution is -2.51. The summed E-state index contributed by atoms with van der Waals surface area (Å²) in [5, 5.41) is 11.5. The summed E-state index contributed by atoms with van der Waals surface area (Å²) in [5.41, 5.74) is 0.0130. The first-order chi connectivity index (χ1) is 13.4. The fraction of sp³-hybridized carbons (Fsp3) is 0.409. The lowest BCUT2D eigenvalue weighted by molar-refractivity contribution is -0.151. The number of esters is 1. The zero-order valence-corrected chi connectivity index (χ0v) is 17.4. The lowest BCUT2D eigenvalue weighted by atomic mass is 9.80. The van der Waals surface area contributed by atoms with Gasteiger partial charge in [0.05, 0.1) is 16.9 Å².